The molecule has 0 fully saturated rings. The second-order valence-corrected chi connectivity index (χ2v) is 3.28. The van der Waals surface area contributed by atoms with E-state index in [-0.39, 0.29) is 16.6 Å². The number of nitriles is 1. The minimum Gasteiger partial charge on any atom is -0.491 e. The second kappa shape index (κ2) is 4.81. The van der Waals surface area contributed by atoms with E-state index in [9.17, 15) is 4.79 Å². The Morgan fingerprint density at radius 1 is 1.60 bits per heavy atom. The molecular weight excluding hydrogens is 214 g/mol. The van der Waals surface area contributed by atoms with E-state index in [0.717, 1.165) is 0 Å². The maximum atomic E-state index is 11.2. The van der Waals surface area contributed by atoms with Gasteiger partial charge in [-0.05, 0) is 26.0 Å². The Hall–Kier alpha value is -1.53. The largest absolute Gasteiger partial charge is 0.491 e. The Balaban J connectivity index is 3.37. The molecule has 0 amide bonds. The number of halogens is 1. The molecule has 4 heteroatoms. The smallest absolute Gasteiger partial charge is 0.161 e. The van der Waals surface area contributed by atoms with E-state index in [4.69, 9.17) is 21.6 Å². The van der Waals surface area contributed by atoms with Gasteiger partial charge in [0.15, 0.2) is 11.5 Å². The van der Waals surface area contributed by atoms with Crippen LogP contribution in [0.3, 0.4) is 0 Å². The Morgan fingerprint density at radius 3 is 2.73 bits per heavy atom. The van der Waals surface area contributed by atoms with E-state index >= 15 is 0 Å². The van der Waals surface area contributed by atoms with Crippen LogP contribution in [0.25, 0.3) is 0 Å². The quantitative estimate of drug-likeness (QED) is 0.741. The van der Waals surface area contributed by atoms with Crippen LogP contribution in [0.4, 0.5) is 0 Å². The zero-order valence-corrected chi connectivity index (χ0v) is 9.26. The number of ketones is 1. The molecule has 0 aromatic heterocycles. The Morgan fingerprint density at radius 2 is 2.27 bits per heavy atom. The fraction of sp³-hybridized carbons (Fsp3) is 0.273. The van der Waals surface area contributed by atoms with Crippen LogP contribution in [0.5, 0.6) is 5.75 Å². The van der Waals surface area contributed by atoms with Crippen LogP contribution in [-0.4, -0.2) is 12.4 Å². The minimum absolute atomic E-state index is 0.148. The molecule has 0 aliphatic heterocycles. The third kappa shape index (κ3) is 2.28. The summed E-state index contributed by atoms with van der Waals surface area (Å²) in [6.07, 6.45) is 0. The first-order valence-corrected chi connectivity index (χ1v) is 4.86. The maximum Gasteiger partial charge on any atom is 0.161 e. The molecule has 0 saturated carbocycles. The molecule has 1 rings (SSSR count). The van der Waals surface area contributed by atoms with Gasteiger partial charge in [-0.15, -0.1) is 0 Å². The van der Waals surface area contributed by atoms with E-state index in [1.807, 2.05) is 6.07 Å². The molecule has 1 aromatic carbocycles. The highest BCUT2D eigenvalue weighted by atomic mass is 35.5. The number of Topliss-reactive ketones (excluding diaryl/α,β-unsaturated/α-hetero) is 1. The van der Waals surface area contributed by atoms with Crippen LogP contribution in [0, 0.1) is 11.3 Å². The maximum absolute atomic E-state index is 11.2. The van der Waals surface area contributed by atoms with E-state index in [0.29, 0.717) is 17.7 Å². The van der Waals surface area contributed by atoms with Crippen LogP contribution in [-0.2, 0) is 0 Å². The van der Waals surface area contributed by atoms with E-state index in [2.05, 4.69) is 0 Å². The van der Waals surface area contributed by atoms with Crippen molar-refractivity contribution in [2.45, 2.75) is 13.8 Å². The van der Waals surface area contributed by atoms with Crippen molar-refractivity contribution in [3.05, 3.63) is 28.3 Å². The molecule has 0 heterocycles. The van der Waals surface area contributed by atoms with Crippen LogP contribution in [0.2, 0.25) is 5.02 Å². The number of hydrogen-bond donors (Lipinski definition) is 0. The van der Waals surface area contributed by atoms with Crippen molar-refractivity contribution in [1.82, 2.24) is 0 Å². The van der Waals surface area contributed by atoms with Crippen molar-refractivity contribution >= 4 is 17.4 Å². The van der Waals surface area contributed by atoms with Crippen molar-refractivity contribution in [3.8, 4) is 11.8 Å². The fourth-order valence-electron chi connectivity index (χ4n) is 1.20. The van der Waals surface area contributed by atoms with E-state index in [1.54, 1.807) is 6.92 Å². The first-order chi connectivity index (χ1) is 7.11. The lowest BCUT2D eigenvalue weighted by atomic mass is 10.1. The number of benzene rings is 1. The average molecular weight is 224 g/mol. The third-order valence-electron chi connectivity index (χ3n) is 1.89. The topological polar surface area (TPSA) is 50.1 Å². The molecular formula is C11H10ClNO2. The molecule has 15 heavy (non-hydrogen) atoms. The minimum atomic E-state index is -0.148. The highest BCUT2D eigenvalue weighted by Gasteiger charge is 2.15. The Bertz CT molecular complexity index is 435. The number of nitrogens with zero attached hydrogens (tertiary/aromatic N) is 1. The number of carbonyl (C=O) groups is 1. The molecule has 0 saturated heterocycles. The number of carbonyl (C=O) groups excluding carboxylic acids is 1. The lowest BCUT2D eigenvalue weighted by Crippen LogP contribution is -2.00. The molecule has 0 radical (unpaired) electrons. The van der Waals surface area contributed by atoms with E-state index < -0.39 is 0 Å². The molecule has 0 spiro atoms. The Kier molecular flexibility index (Phi) is 3.70. The first-order valence-electron chi connectivity index (χ1n) is 4.48. The zero-order valence-electron chi connectivity index (χ0n) is 8.50. The molecule has 78 valence electrons. The van der Waals surface area contributed by atoms with Crippen LogP contribution in [0.15, 0.2) is 12.1 Å². The van der Waals surface area contributed by atoms with Gasteiger partial charge in [-0.3, -0.25) is 4.79 Å². The van der Waals surface area contributed by atoms with Gasteiger partial charge in [0.2, 0.25) is 0 Å². The van der Waals surface area contributed by atoms with E-state index in [1.165, 1.54) is 19.1 Å². The van der Waals surface area contributed by atoms with Gasteiger partial charge in [-0.2, -0.15) is 5.26 Å². The van der Waals surface area contributed by atoms with Crippen LogP contribution >= 0.6 is 11.6 Å². The van der Waals surface area contributed by atoms with Gasteiger partial charge in [-0.1, -0.05) is 11.6 Å². The van der Waals surface area contributed by atoms with Crippen LogP contribution < -0.4 is 4.74 Å². The highest BCUT2D eigenvalue weighted by Crippen LogP contribution is 2.32. The van der Waals surface area contributed by atoms with Crippen molar-refractivity contribution in [2.24, 2.45) is 0 Å². The van der Waals surface area contributed by atoms with Gasteiger partial charge in [-0.25, -0.2) is 0 Å². The summed E-state index contributed by atoms with van der Waals surface area (Å²) >= 11 is 5.97. The molecule has 3 nitrogen and oxygen atoms in total. The fourth-order valence-corrected chi connectivity index (χ4v) is 1.55. The summed E-state index contributed by atoms with van der Waals surface area (Å²) in [4.78, 5) is 11.2. The van der Waals surface area contributed by atoms with Gasteiger partial charge in [0, 0.05) is 5.56 Å². The number of ether oxygens (including phenoxy) is 1. The summed E-state index contributed by atoms with van der Waals surface area (Å²) in [5.41, 5.74) is 0.714. The molecule has 1 aromatic rings. The summed E-state index contributed by atoms with van der Waals surface area (Å²) < 4.78 is 5.24. The monoisotopic (exact) mass is 223 g/mol. The third-order valence-corrected chi connectivity index (χ3v) is 2.26. The highest BCUT2D eigenvalue weighted by molar-refractivity contribution is 6.35. The zero-order chi connectivity index (χ0) is 11.4. The van der Waals surface area contributed by atoms with Crippen molar-refractivity contribution < 1.29 is 9.53 Å². The number of rotatable bonds is 3. The van der Waals surface area contributed by atoms with Crippen molar-refractivity contribution in [3.63, 3.8) is 0 Å². The van der Waals surface area contributed by atoms with Gasteiger partial charge in [0.1, 0.15) is 6.07 Å². The predicted molar refractivity (Wildman–Crippen MR) is 57.3 cm³/mol. The van der Waals surface area contributed by atoms with Crippen molar-refractivity contribution in [2.75, 3.05) is 6.61 Å². The van der Waals surface area contributed by atoms with Crippen LogP contribution in [0.1, 0.15) is 29.8 Å². The SMILES string of the molecule is CCOc1c(C#N)ccc(C(C)=O)c1Cl. The molecule has 0 aliphatic rings. The van der Waals surface area contributed by atoms with Gasteiger partial charge in [0.05, 0.1) is 17.2 Å². The Labute approximate surface area is 93.2 Å². The normalized spacial score (nSPS) is 9.47. The van der Waals surface area contributed by atoms with Gasteiger partial charge >= 0.3 is 0 Å². The van der Waals surface area contributed by atoms with Crippen molar-refractivity contribution in [1.29, 1.82) is 5.26 Å². The molecule has 0 N–H and O–H groups in total. The standard InChI is InChI=1S/C11H10ClNO2/c1-3-15-11-8(6-13)4-5-9(7(2)14)10(11)12/h4-5H,3H2,1-2H3. The van der Waals surface area contributed by atoms with Gasteiger partial charge < -0.3 is 4.74 Å². The lowest BCUT2D eigenvalue weighted by molar-refractivity contribution is 0.101. The summed E-state index contributed by atoms with van der Waals surface area (Å²) in [6.45, 7) is 3.61. The second-order valence-electron chi connectivity index (χ2n) is 2.90. The molecule has 0 atom stereocenters. The summed E-state index contributed by atoms with van der Waals surface area (Å²) in [6, 6.07) is 5.04. The molecule has 0 bridgehead atoms. The predicted octanol–water partition coefficient (Wildman–Crippen LogP) is 2.81. The van der Waals surface area contributed by atoms with Gasteiger partial charge in [0.25, 0.3) is 0 Å². The number of hydrogen-bond acceptors (Lipinski definition) is 3. The summed E-state index contributed by atoms with van der Waals surface area (Å²) in [7, 11) is 0. The summed E-state index contributed by atoms with van der Waals surface area (Å²) in [5, 5.41) is 9.04. The lowest BCUT2D eigenvalue weighted by Gasteiger charge is -2.09. The molecule has 0 unspecified atom stereocenters. The first kappa shape index (κ1) is 11.5. The molecule has 0 aliphatic carbocycles. The average Bonchev–Trinajstić information content (AvgIpc) is 2.20. The summed E-state index contributed by atoms with van der Waals surface area (Å²) in [5.74, 6) is 0.139.